The van der Waals surface area contributed by atoms with Gasteiger partial charge in [-0.2, -0.15) is 0 Å². The predicted octanol–water partition coefficient (Wildman–Crippen LogP) is 3.92. The fourth-order valence-corrected chi connectivity index (χ4v) is 3.79. The number of hydrogen-bond donors (Lipinski definition) is 1. The van der Waals surface area contributed by atoms with E-state index in [1.807, 2.05) is 6.07 Å². The fraction of sp³-hybridized carbons (Fsp3) is 0.333. The minimum absolute atomic E-state index is 0.306. The third-order valence-corrected chi connectivity index (χ3v) is 5.15. The second kappa shape index (κ2) is 7.23. The van der Waals surface area contributed by atoms with E-state index < -0.39 is 5.97 Å². The molecule has 0 amide bonds. The lowest BCUT2D eigenvalue weighted by Crippen LogP contribution is -2.33. The first-order valence-corrected chi connectivity index (χ1v) is 8.58. The topological polar surface area (TPSA) is 53.4 Å². The van der Waals surface area contributed by atoms with E-state index in [0.717, 1.165) is 25.9 Å². The van der Waals surface area contributed by atoms with Crippen LogP contribution in [0.2, 0.25) is 0 Å². The molecule has 2 heterocycles. The Morgan fingerprint density at radius 1 is 1.22 bits per heavy atom. The summed E-state index contributed by atoms with van der Waals surface area (Å²) in [4.78, 5) is 17.8. The Balaban J connectivity index is 1.64. The molecule has 0 saturated carbocycles. The molecule has 1 N–H and O–H groups in total. The van der Waals surface area contributed by atoms with Gasteiger partial charge in [-0.1, -0.05) is 34.1 Å². The second-order valence-electron chi connectivity index (χ2n) is 5.87. The Kier molecular flexibility index (Phi) is 5.08. The van der Waals surface area contributed by atoms with Crippen LogP contribution < -0.4 is 0 Å². The van der Waals surface area contributed by atoms with Crippen molar-refractivity contribution >= 4 is 21.9 Å². The molecule has 1 fully saturated rings. The zero-order valence-electron chi connectivity index (χ0n) is 12.8. The van der Waals surface area contributed by atoms with Crippen molar-refractivity contribution in [1.82, 2.24) is 9.88 Å². The van der Waals surface area contributed by atoms with E-state index in [1.54, 1.807) is 18.3 Å². The fourth-order valence-electron chi connectivity index (χ4n) is 3.18. The molecule has 3 rings (SSSR count). The predicted molar refractivity (Wildman–Crippen MR) is 92.6 cm³/mol. The van der Waals surface area contributed by atoms with Crippen molar-refractivity contribution in [3.63, 3.8) is 0 Å². The number of nitrogens with zero attached hydrogens (tertiary/aromatic N) is 2. The number of hydrogen-bond acceptors (Lipinski definition) is 3. The SMILES string of the molecule is O=C(O)c1cccnc1CN1CCC(c2ccccc2Br)CC1. The van der Waals surface area contributed by atoms with Gasteiger partial charge in [0.15, 0.2) is 0 Å². The van der Waals surface area contributed by atoms with Gasteiger partial charge in [0.05, 0.1) is 11.3 Å². The van der Waals surface area contributed by atoms with Gasteiger partial charge < -0.3 is 5.11 Å². The lowest BCUT2D eigenvalue weighted by atomic mass is 9.89. The molecule has 1 aromatic carbocycles. The lowest BCUT2D eigenvalue weighted by Gasteiger charge is -2.32. The molecule has 23 heavy (non-hydrogen) atoms. The van der Waals surface area contributed by atoms with Crippen LogP contribution in [0.25, 0.3) is 0 Å². The Labute approximate surface area is 144 Å². The van der Waals surface area contributed by atoms with E-state index in [-0.39, 0.29) is 0 Å². The van der Waals surface area contributed by atoms with Crippen molar-refractivity contribution in [1.29, 1.82) is 0 Å². The van der Waals surface area contributed by atoms with E-state index >= 15 is 0 Å². The number of piperidine rings is 1. The van der Waals surface area contributed by atoms with Crippen molar-refractivity contribution < 1.29 is 9.90 Å². The molecular weight excluding hydrogens is 356 g/mol. The highest BCUT2D eigenvalue weighted by Crippen LogP contribution is 2.33. The average Bonchev–Trinajstić information content (AvgIpc) is 2.56. The molecule has 5 heteroatoms. The normalized spacial score (nSPS) is 16.4. The van der Waals surface area contributed by atoms with Crippen molar-refractivity contribution in [3.8, 4) is 0 Å². The monoisotopic (exact) mass is 374 g/mol. The van der Waals surface area contributed by atoms with Crippen molar-refractivity contribution in [2.45, 2.75) is 25.3 Å². The van der Waals surface area contributed by atoms with Crippen molar-refractivity contribution in [3.05, 3.63) is 63.9 Å². The molecule has 0 spiro atoms. The summed E-state index contributed by atoms with van der Waals surface area (Å²) in [6.07, 6.45) is 3.82. The van der Waals surface area contributed by atoms with E-state index in [9.17, 15) is 9.90 Å². The summed E-state index contributed by atoms with van der Waals surface area (Å²) >= 11 is 3.64. The van der Waals surface area contributed by atoms with Gasteiger partial charge in [-0.3, -0.25) is 9.88 Å². The summed E-state index contributed by atoms with van der Waals surface area (Å²) < 4.78 is 1.18. The molecular formula is C18H19BrN2O2. The first-order valence-electron chi connectivity index (χ1n) is 7.79. The zero-order chi connectivity index (χ0) is 16.2. The van der Waals surface area contributed by atoms with Crippen LogP contribution in [0, 0.1) is 0 Å². The first-order chi connectivity index (χ1) is 11.1. The average molecular weight is 375 g/mol. The Bertz CT molecular complexity index is 697. The number of benzene rings is 1. The van der Waals surface area contributed by atoms with Crippen molar-refractivity contribution in [2.75, 3.05) is 13.1 Å². The third kappa shape index (κ3) is 3.79. The molecule has 0 bridgehead atoms. The second-order valence-corrected chi connectivity index (χ2v) is 6.73. The maximum absolute atomic E-state index is 11.3. The number of likely N-dealkylation sites (tertiary alicyclic amines) is 1. The molecule has 2 aromatic rings. The number of pyridine rings is 1. The van der Waals surface area contributed by atoms with Crippen LogP contribution in [0.1, 0.15) is 40.4 Å². The highest BCUT2D eigenvalue weighted by atomic mass is 79.9. The maximum Gasteiger partial charge on any atom is 0.337 e. The number of aromatic carboxylic acids is 1. The van der Waals surface area contributed by atoms with Gasteiger partial charge in [-0.05, 0) is 55.6 Å². The van der Waals surface area contributed by atoms with E-state index in [2.05, 4.69) is 44.0 Å². The number of carboxylic acids is 1. The molecule has 0 radical (unpaired) electrons. The van der Waals surface area contributed by atoms with Crippen molar-refractivity contribution in [2.24, 2.45) is 0 Å². The molecule has 120 valence electrons. The largest absolute Gasteiger partial charge is 0.478 e. The minimum Gasteiger partial charge on any atom is -0.478 e. The summed E-state index contributed by atoms with van der Waals surface area (Å²) in [6.45, 7) is 2.52. The van der Waals surface area contributed by atoms with Gasteiger partial charge in [0, 0.05) is 17.2 Å². The van der Waals surface area contributed by atoms with Crippen LogP contribution in [-0.4, -0.2) is 34.0 Å². The molecule has 4 nitrogen and oxygen atoms in total. The summed E-state index contributed by atoms with van der Waals surface area (Å²) in [7, 11) is 0. The summed E-state index contributed by atoms with van der Waals surface area (Å²) in [5, 5.41) is 9.25. The number of carboxylic acid groups (broad SMARTS) is 1. The number of carbonyl (C=O) groups is 1. The Morgan fingerprint density at radius 3 is 2.65 bits per heavy atom. The number of aromatic nitrogens is 1. The number of rotatable bonds is 4. The van der Waals surface area contributed by atoms with Gasteiger partial charge in [0.2, 0.25) is 0 Å². The van der Waals surface area contributed by atoms with Gasteiger partial charge in [-0.15, -0.1) is 0 Å². The molecule has 1 aromatic heterocycles. The Hall–Kier alpha value is -1.72. The molecule has 0 unspecified atom stereocenters. The smallest absolute Gasteiger partial charge is 0.337 e. The van der Waals surface area contributed by atoms with Gasteiger partial charge in [0.1, 0.15) is 0 Å². The highest BCUT2D eigenvalue weighted by molar-refractivity contribution is 9.10. The molecule has 1 saturated heterocycles. The lowest BCUT2D eigenvalue weighted by molar-refractivity contribution is 0.0693. The summed E-state index contributed by atoms with van der Waals surface area (Å²) in [6, 6.07) is 11.7. The molecule has 1 aliphatic rings. The summed E-state index contributed by atoms with van der Waals surface area (Å²) in [5.74, 6) is -0.347. The van der Waals surface area contributed by atoms with Crippen LogP contribution in [-0.2, 0) is 6.54 Å². The van der Waals surface area contributed by atoms with E-state index in [0.29, 0.717) is 23.7 Å². The quantitative estimate of drug-likeness (QED) is 0.880. The molecule has 1 aliphatic heterocycles. The zero-order valence-corrected chi connectivity index (χ0v) is 14.4. The molecule has 0 aliphatic carbocycles. The van der Waals surface area contributed by atoms with Crippen LogP contribution in [0.4, 0.5) is 0 Å². The molecule has 0 atom stereocenters. The third-order valence-electron chi connectivity index (χ3n) is 4.43. The van der Waals surface area contributed by atoms with Gasteiger partial charge >= 0.3 is 5.97 Å². The maximum atomic E-state index is 11.3. The van der Waals surface area contributed by atoms with Crippen LogP contribution >= 0.6 is 15.9 Å². The van der Waals surface area contributed by atoms with E-state index in [1.165, 1.54) is 10.0 Å². The standard InChI is InChI=1S/C18H19BrN2O2/c19-16-6-2-1-4-14(16)13-7-10-21(11-8-13)12-17-15(18(22)23)5-3-9-20-17/h1-6,9,13H,7-8,10-12H2,(H,22,23). The van der Waals surface area contributed by atoms with Crippen LogP contribution in [0.3, 0.4) is 0 Å². The van der Waals surface area contributed by atoms with E-state index in [4.69, 9.17) is 0 Å². The van der Waals surface area contributed by atoms with Gasteiger partial charge in [0.25, 0.3) is 0 Å². The van der Waals surface area contributed by atoms with Crippen LogP contribution in [0.5, 0.6) is 0 Å². The minimum atomic E-state index is -0.906. The van der Waals surface area contributed by atoms with Crippen LogP contribution in [0.15, 0.2) is 47.1 Å². The Morgan fingerprint density at radius 2 is 1.96 bits per heavy atom. The summed E-state index contributed by atoms with van der Waals surface area (Å²) in [5.41, 5.74) is 2.33. The van der Waals surface area contributed by atoms with Gasteiger partial charge in [-0.25, -0.2) is 4.79 Å². The number of halogens is 1. The highest BCUT2D eigenvalue weighted by Gasteiger charge is 2.23. The first kappa shape index (κ1) is 16.1.